The van der Waals surface area contributed by atoms with E-state index < -0.39 is 16.1 Å². The molecule has 0 radical (unpaired) electrons. The highest BCUT2D eigenvalue weighted by molar-refractivity contribution is 7.89. The second-order valence-electron chi connectivity index (χ2n) is 6.18. The van der Waals surface area contributed by atoms with Crippen LogP contribution in [0, 0.1) is 0 Å². The number of primary sulfonamides is 1. The van der Waals surface area contributed by atoms with Gasteiger partial charge in [0.25, 0.3) is 0 Å². The van der Waals surface area contributed by atoms with E-state index in [1.54, 1.807) is 24.4 Å². The molecule has 0 aliphatic rings. The number of benzene rings is 2. The average molecular weight is 444 g/mol. The molecule has 2 heterocycles. The molecule has 152 valence electrons. The van der Waals surface area contributed by atoms with Gasteiger partial charge in [0.05, 0.1) is 16.8 Å². The zero-order chi connectivity index (χ0) is 21.3. The van der Waals surface area contributed by atoms with Crippen molar-refractivity contribution in [3.63, 3.8) is 0 Å². The number of anilines is 1. The van der Waals surface area contributed by atoms with Gasteiger partial charge in [-0.1, -0.05) is 29.8 Å². The van der Waals surface area contributed by atoms with E-state index in [0.29, 0.717) is 16.4 Å². The molecular weight excluding hydrogens is 430 g/mol. The Hall–Kier alpha value is -3.47. The minimum atomic E-state index is -3.90. The Kier molecular flexibility index (Phi) is 5.12. The number of nitrogens with one attached hydrogen (secondary N) is 1. The van der Waals surface area contributed by atoms with Crippen LogP contribution in [-0.4, -0.2) is 29.1 Å². The first-order valence-electron chi connectivity index (χ1n) is 8.52. The largest absolute Gasteiger partial charge is 0.417 e. The van der Waals surface area contributed by atoms with Gasteiger partial charge in [-0.15, -0.1) is 0 Å². The van der Waals surface area contributed by atoms with Gasteiger partial charge in [0, 0.05) is 22.5 Å². The van der Waals surface area contributed by atoms with Crippen molar-refractivity contribution < 1.29 is 17.9 Å². The Labute approximate surface area is 176 Å². The molecule has 4 aromatic rings. The van der Waals surface area contributed by atoms with Crippen molar-refractivity contribution in [1.29, 1.82) is 0 Å². The van der Waals surface area contributed by atoms with Crippen LogP contribution in [0.25, 0.3) is 16.9 Å². The third-order valence-corrected chi connectivity index (χ3v) is 5.25. The summed E-state index contributed by atoms with van der Waals surface area (Å²) in [7, 11) is -3.90. The van der Waals surface area contributed by atoms with E-state index in [4.69, 9.17) is 21.5 Å². The molecule has 1 amide bonds. The second-order valence-corrected chi connectivity index (χ2v) is 8.18. The van der Waals surface area contributed by atoms with Crippen LogP contribution >= 0.6 is 11.6 Å². The monoisotopic (exact) mass is 443 g/mol. The standard InChI is InChI=1S/C19H14ClN5O4S/c20-13-6-4-12(5-7-13)16-8-9-25-18(24-16)17(11-22-25)29-19(26)23-14-2-1-3-15(10-14)30(21,27)28/h1-11H,(H,23,26)(H2,21,27,28). The number of aromatic nitrogens is 3. The van der Waals surface area contributed by atoms with Crippen molar-refractivity contribution in [2.75, 3.05) is 5.32 Å². The molecule has 0 atom stereocenters. The second kappa shape index (κ2) is 7.75. The highest BCUT2D eigenvalue weighted by Gasteiger charge is 2.14. The van der Waals surface area contributed by atoms with Gasteiger partial charge in [0.2, 0.25) is 10.0 Å². The molecule has 2 aromatic carbocycles. The summed E-state index contributed by atoms with van der Waals surface area (Å²) >= 11 is 5.92. The highest BCUT2D eigenvalue weighted by Crippen LogP contribution is 2.24. The quantitative estimate of drug-likeness (QED) is 0.497. The summed E-state index contributed by atoms with van der Waals surface area (Å²) in [6.07, 6.45) is 2.20. The number of hydrogen-bond donors (Lipinski definition) is 2. The summed E-state index contributed by atoms with van der Waals surface area (Å²) in [4.78, 5) is 16.6. The van der Waals surface area contributed by atoms with Gasteiger partial charge in [0.15, 0.2) is 11.4 Å². The van der Waals surface area contributed by atoms with Crippen molar-refractivity contribution in [2.24, 2.45) is 5.14 Å². The van der Waals surface area contributed by atoms with Gasteiger partial charge < -0.3 is 4.74 Å². The Balaban J connectivity index is 1.57. The van der Waals surface area contributed by atoms with Crippen LogP contribution in [-0.2, 0) is 10.0 Å². The van der Waals surface area contributed by atoms with E-state index in [9.17, 15) is 13.2 Å². The normalized spacial score (nSPS) is 11.4. The van der Waals surface area contributed by atoms with Gasteiger partial charge in [-0.2, -0.15) is 5.10 Å². The van der Waals surface area contributed by atoms with Crippen LogP contribution in [0.5, 0.6) is 5.75 Å². The van der Waals surface area contributed by atoms with E-state index in [1.807, 2.05) is 12.1 Å². The summed E-state index contributed by atoms with van der Waals surface area (Å²) < 4.78 is 29.7. The van der Waals surface area contributed by atoms with E-state index in [2.05, 4.69) is 15.4 Å². The lowest BCUT2D eigenvalue weighted by molar-refractivity contribution is 0.215. The van der Waals surface area contributed by atoms with Crippen molar-refractivity contribution >= 4 is 39.1 Å². The number of nitrogens with zero attached hydrogens (tertiary/aromatic N) is 3. The third-order valence-electron chi connectivity index (χ3n) is 4.09. The van der Waals surface area contributed by atoms with Crippen LogP contribution < -0.4 is 15.2 Å². The first-order valence-corrected chi connectivity index (χ1v) is 10.4. The fraction of sp³-hybridized carbons (Fsp3) is 0. The lowest BCUT2D eigenvalue weighted by Gasteiger charge is -2.07. The molecule has 4 rings (SSSR count). The minimum Gasteiger partial charge on any atom is -0.404 e. The van der Waals surface area contributed by atoms with Crippen LogP contribution in [0.1, 0.15) is 0 Å². The zero-order valence-electron chi connectivity index (χ0n) is 15.2. The maximum Gasteiger partial charge on any atom is 0.417 e. The highest BCUT2D eigenvalue weighted by atomic mass is 35.5. The maximum absolute atomic E-state index is 12.3. The van der Waals surface area contributed by atoms with E-state index in [0.717, 1.165) is 5.56 Å². The first kappa shape index (κ1) is 19.8. The molecule has 0 bridgehead atoms. The fourth-order valence-corrected chi connectivity index (χ4v) is 3.38. The Morgan fingerprint density at radius 1 is 1.13 bits per heavy atom. The third kappa shape index (κ3) is 4.25. The number of carbonyl (C=O) groups is 1. The summed E-state index contributed by atoms with van der Waals surface area (Å²) in [6, 6.07) is 14.4. The van der Waals surface area contributed by atoms with Crippen molar-refractivity contribution in [3.05, 3.63) is 72.0 Å². The van der Waals surface area contributed by atoms with Crippen molar-refractivity contribution in [3.8, 4) is 17.0 Å². The Morgan fingerprint density at radius 2 is 1.90 bits per heavy atom. The predicted molar refractivity (Wildman–Crippen MR) is 111 cm³/mol. The lowest BCUT2D eigenvalue weighted by Crippen LogP contribution is -2.18. The molecule has 30 heavy (non-hydrogen) atoms. The van der Waals surface area contributed by atoms with Crippen LogP contribution in [0.15, 0.2) is 71.9 Å². The predicted octanol–water partition coefficient (Wildman–Crippen LogP) is 3.31. The molecule has 3 N–H and O–H groups in total. The molecule has 0 spiro atoms. The maximum atomic E-state index is 12.3. The van der Waals surface area contributed by atoms with Crippen LogP contribution in [0.2, 0.25) is 5.02 Å². The van der Waals surface area contributed by atoms with Crippen molar-refractivity contribution in [1.82, 2.24) is 14.6 Å². The van der Waals surface area contributed by atoms with Crippen LogP contribution in [0.3, 0.4) is 0 Å². The fourth-order valence-electron chi connectivity index (χ4n) is 2.70. The SMILES string of the molecule is NS(=O)(=O)c1cccc(NC(=O)Oc2cnn3ccc(-c4ccc(Cl)cc4)nc23)c1. The number of halogens is 1. The number of nitrogens with two attached hydrogens (primary N) is 1. The molecule has 2 aromatic heterocycles. The average Bonchev–Trinajstić information content (AvgIpc) is 3.10. The molecule has 0 saturated heterocycles. The number of sulfonamides is 1. The molecule has 0 saturated carbocycles. The summed E-state index contributed by atoms with van der Waals surface area (Å²) in [5.74, 6) is 0.130. The van der Waals surface area contributed by atoms with Gasteiger partial charge in [-0.3, -0.25) is 5.32 Å². The smallest absolute Gasteiger partial charge is 0.404 e. The molecule has 9 nitrogen and oxygen atoms in total. The minimum absolute atomic E-state index is 0.130. The first-order chi connectivity index (χ1) is 14.3. The molecule has 0 fully saturated rings. The Bertz CT molecular complexity index is 1350. The van der Waals surface area contributed by atoms with Gasteiger partial charge >= 0.3 is 6.09 Å². The van der Waals surface area contributed by atoms with Crippen LogP contribution in [0.4, 0.5) is 10.5 Å². The summed E-state index contributed by atoms with van der Waals surface area (Å²) in [6.45, 7) is 0. The molecule has 0 aliphatic carbocycles. The van der Waals surface area contributed by atoms with E-state index in [-0.39, 0.29) is 16.3 Å². The lowest BCUT2D eigenvalue weighted by atomic mass is 10.1. The van der Waals surface area contributed by atoms with E-state index >= 15 is 0 Å². The number of rotatable bonds is 4. The molecule has 11 heteroatoms. The zero-order valence-corrected chi connectivity index (χ0v) is 16.8. The summed E-state index contributed by atoms with van der Waals surface area (Å²) in [5.41, 5.74) is 2.01. The molecule has 0 unspecified atom stereocenters. The number of carbonyl (C=O) groups excluding carboxylic acids is 1. The van der Waals surface area contributed by atoms with E-state index in [1.165, 1.54) is 35.0 Å². The number of fused-ring (bicyclic) bond motifs is 1. The number of hydrogen-bond acceptors (Lipinski definition) is 6. The topological polar surface area (TPSA) is 129 Å². The van der Waals surface area contributed by atoms with Gasteiger partial charge in [0.1, 0.15) is 0 Å². The molecule has 0 aliphatic heterocycles. The number of amides is 1. The number of ether oxygens (including phenoxy) is 1. The Morgan fingerprint density at radius 3 is 2.63 bits per heavy atom. The van der Waals surface area contributed by atoms with Gasteiger partial charge in [-0.05, 0) is 36.4 Å². The van der Waals surface area contributed by atoms with Crippen molar-refractivity contribution in [2.45, 2.75) is 4.90 Å². The van der Waals surface area contributed by atoms with Gasteiger partial charge in [-0.25, -0.2) is 27.9 Å². The molecular formula is C19H14ClN5O4S. The summed E-state index contributed by atoms with van der Waals surface area (Å²) in [5, 5.41) is 12.3.